The van der Waals surface area contributed by atoms with Crippen molar-refractivity contribution in [1.82, 2.24) is 0 Å². The fourth-order valence-corrected chi connectivity index (χ4v) is 1.42. The number of nitrogens with two attached hydrogens (primary N) is 1. The number of rotatable bonds is 3. The van der Waals surface area contributed by atoms with Gasteiger partial charge in [0.15, 0.2) is 17.3 Å². The molecule has 3 N–H and O–H groups in total. The Morgan fingerprint density at radius 2 is 2.21 bits per heavy atom. The van der Waals surface area contributed by atoms with Gasteiger partial charge in [0.2, 0.25) is 0 Å². The minimum absolute atomic E-state index is 0.184. The van der Waals surface area contributed by atoms with Gasteiger partial charge in [-0.2, -0.15) is 0 Å². The van der Waals surface area contributed by atoms with E-state index in [1.54, 1.807) is 13.0 Å². The van der Waals surface area contributed by atoms with Crippen LogP contribution in [0.5, 0.6) is 11.5 Å². The average molecular weight is 199 g/mol. The first kappa shape index (κ1) is 10.8. The molecule has 4 heteroatoms. The Labute approximate surface area is 82.3 Å². The smallest absolute Gasteiger partial charge is 0.194 e. The minimum atomic E-state index is -0.641. The number of benzene rings is 1. The molecular formula is C10H14FNO2. The zero-order valence-corrected chi connectivity index (χ0v) is 8.30. The molecule has 0 saturated carbocycles. The predicted octanol–water partition coefficient (Wildman–Crippen LogP) is 1.35. The molecule has 1 aromatic rings. The maximum absolute atomic E-state index is 13.4. The highest BCUT2D eigenvalue weighted by molar-refractivity contribution is 5.49. The molecule has 0 saturated heterocycles. The summed E-state index contributed by atoms with van der Waals surface area (Å²) in [5.41, 5.74) is 6.44. The third-order valence-corrected chi connectivity index (χ3v) is 2.07. The van der Waals surface area contributed by atoms with E-state index in [2.05, 4.69) is 0 Å². The molecule has 3 nitrogen and oxygen atoms in total. The van der Waals surface area contributed by atoms with Gasteiger partial charge in [0.05, 0.1) is 7.11 Å². The summed E-state index contributed by atoms with van der Waals surface area (Å²) in [6, 6.07) is 1.64. The van der Waals surface area contributed by atoms with Gasteiger partial charge in [-0.15, -0.1) is 0 Å². The Hall–Kier alpha value is -1.29. The SMILES string of the molecule is COc1c(C)cc(CCN)c(F)c1O. The van der Waals surface area contributed by atoms with Crippen molar-refractivity contribution in [2.45, 2.75) is 13.3 Å². The largest absolute Gasteiger partial charge is 0.502 e. The van der Waals surface area contributed by atoms with Crippen LogP contribution in [0.4, 0.5) is 4.39 Å². The summed E-state index contributed by atoms with van der Waals surface area (Å²) in [5, 5.41) is 9.45. The van der Waals surface area contributed by atoms with Gasteiger partial charge >= 0.3 is 0 Å². The van der Waals surface area contributed by atoms with Gasteiger partial charge in [0.25, 0.3) is 0 Å². The molecule has 1 aromatic carbocycles. The molecule has 78 valence electrons. The Kier molecular flexibility index (Phi) is 3.30. The maximum Gasteiger partial charge on any atom is 0.194 e. The number of aryl methyl sites for hydroxylation is 1. The van der Waals surface area contributed by atoms with Gasteiger partial charge in [-0.3, -0.25) is 0 Å². The summed E-state index contributed by atoms with van der Waals surface area (Å²) < 4.78 is 18.3. The Bertz CT molecular complexity index is 339. The second-order valence-corrected chi connectivity index (χ2v) is 3.09. The van der Waals surface area contributed by atoms with Crippen molar-refractivity contribution < 1.29 is 14.2 Å². The highest BCUT2D eigenvalue weighted by atomic mass is 19.1. The maximum atomic E-state index is 13.4. The quantitative estimate of drug-likeness (QED) is 0.772. The van der Waals surface area contributed by atoms with Gasteiger partial charge < -0.3 is 15.6 Å². The summed E-state index contributed by atoms with van der Waals surface area (Å²) >= 11 is 0. The van der Waals surface area contributed by atoms with E-state index in [4.69, 9.17) is 10.5 Å². The summed E-state index contributed by atoms with van der Waals surface area (Å²) in [6.07, 6.45) is 0.407. The van der Waals surface area contributed by atoms with E-state index in [9.17, 15) is 9.50 Å². The average Bonchev–Trinajstić information content (AvgIpc) is 2.15. The van der Waals surface area contributed by atoms with Crippen molar-refractivity contribution in [3.05, 3.63) is 23.0 Å². The van der Waals surface area contributed by atoms with E-state index < -0.39 is 11.6 Å². The zero-order valence-electron chi connectivity index (χ0n) is 8.30. The molecule has 0 aromatic heterocycles. The van der Waals surface area contributed by atoms with Crippen LogP contribution in [0.1, 0.15) is 11.1 Å². The van der Waals surface area contributed by atoms with Gasteiger partial charge in [-0.25, -0.2) is 4.39 Å². The standard InChI is InChI=1S/C10H14FNO2/c1-6-5-7(3-4-12)8(11)9(13)10(6)14-2/h5,13H,3-4,12H2,1-2H3. The number of phenols is 1. The third-order valence-electron chi connectivity index (χ3n) is 2.07. The van der Waals surface area contributed by atoms with Gasteiger partial charge in [0, 0.05) is 0 Å². The second-order valence-electron chi connectivity index (χ2n) is 3.09. The van der Waals surface area contributed by atoms with Crippen LogP contribution in [0.25, 0.3) is 0 Å². The lowest BCUT2D eigenvalue weighted by Crippen LogP contribution is -2.05. The van der Waals surface area contributed by atoms with Crippen molar-refractivity contribution in [2.75, 3.05) is 13.7 Å². The normalized spacial score (nSPS) is 10.3. The number of hydrogen-bond donors (Lipinski definition) is 2. The minimum Gasteiger partial charge on any atom is -0.502 e. The first-order valence-corrected chi connectivity index (χ1v) is 4.36. The number of aromatic hydroxyl groups is 1. The van der Waals surface area contributed by atoms with Gasteiger partial charge in [-0.05, 0) is 37.1 Å². The summed E-state index contributed by atoms with van der Waals surface area (Å²) in [5.74, 6) is -0.892. The fourth-order valence-electron chi connectivity index (χ4n) is 1.42. The summed E-state index contributed by atoms with van der Waals surface area (Å²) in [7, 11) is 1.39. The molecule has 0 radical (unpaired) electrons. The molecule has 0 aliphatic rings. The Balaban J connectivity index is 3.25. The van der Waals surface area contributed by atoms with Gasteiger partial charge in [-0.1, -0.05) is 0 Å². The van der Waals surface area contributed by atoms with E-state index >= 15 is 0 Å². The molecule has 0 spiro atoms. The number of hydrogen-bond acceptors (Lipinski definition) is 3. The lowest BCUT2D eigenvalue weighted by Gasteiger charge is -2.11. The molecule has 0 aliphatic carbocycles. The Morgan fingerprint density at radius 3 is 2.71 bits per heavy atom. The molecule has 0 fully saturated rings. The molecular weight excluding hydrogens is 185 g/mol. The lowest BCUT2D eigenvalue weighted by molar-refractivity contribution is 0.353. The fraction of sp³-hybridized carbons (Fsp3) is 0.400. The zero-order chi connectivity index (χ0) is 10.7. The molecule has 1 rings (SSSR count). The molecule has 0 heterocycles. The van der Waals surface area contributed by atoms with Crippen molar-refractivity contribution in [3.8, 4) is 11.5 Å². The van der Waals surface area contributed by atoms with Crippen LogP contribution in [0, 0.1) is 12.7 Å². The highest BCUT2D eigenvalue weighted by Crippen LogP contribution is 2.34. The van der Waals surface area contributed by atoms with E-state index in [1.807, 2.05) is 0 Å². The molecule has 0 bridgehead atoms. The van der Waals surface area contributed by atoms with Crippen LogP contribution in [0.15, 0.2) is 6.07 Å². The van der Waals surface area contributed by atoms with Crippen molar-refractivity contribution in [2.24, 2.45) is 5.73 Å². The van der Waals surface area contributed by atoms with Crippen LogP contribution in [-0.2, 0) is 6.42 Å². The molecule has 0 unspecified atom stereocenters. The van der Waals surface area contributed by atoms with Gasteiger partial charge in [0.1, 0.15) is 0 Å². The monoisotopic (exact) mass is 199 g/mol. The van der Waals surface area contributed by atoms with Crippen molar-refractivity contribution in [3.63, 3.8) is 0 Å². The number of halogens is 1. The van der Waals surface area contributed by atoms with Crippen LogP contribution >= 0.6 is 0 Å². The molecule has 14 heavy (non-hydrogen) atoms. The number of methoxy groups -OCH3 is 1. The molecule has 0 aliphatic heterocycles. The second kappa shape index (κ2) is 4.28. The lowest BCUT2D eigenvalue weighted by atomic mass is 10.1. The topological polar surface area (TPSA) is 55.5 Å². The third kappa shape index (κ3) is 1.80. The molecule has 0 atom stereocenters. The van der Waals surface area contributed by atoms with E-state index in [1.165, 1.54) is 7.11 Å². The highest BCUT2D eigenvalue weighted by Gasteiger charge is 2.15. The Morgan fingerprint density at radius 1 is 1.57 bits per heavy atom. The first-order chi connectivity index (χ1) is 6.61. The van der Waals surface area contributed by atoms with Crippen molar-refractivity contribution in [1.29, 1.82) is 0 Å². The predicted molar refractivity (Wildman–Crippen MR) is 52.1 cm³/mol. The number of ether oxygens (including phenoxy) is 1. The van der Waals surface area contributed by atoms with E-state index in [0.29, 0.717) is 24.1 Å². The van der Waals surface area contributed by atoms with Crippen LogP contribution in [-0.4, -0.2) is 18.8 Å². The van der Waals surface area contributed by atoms with Crippen LogP contribution in [0.2, 0.25) is 0 Å². The summed E-state index contributed by atoms with van der Waals surface area (Å²) in [4.78, 5) is 0. The van der Waals surface area contributed by atoms with Crippen LogP contribution in [0.3, 0.4) is 0 Å². The van der Waals surface area contributed by atoms with Crippen molar-refractivity contribution >= 4 is 0 Å². The van der Waals surface area contributed by atoms with E-state index in [-0.39, 0.29) is 5.75 Å². The number of phenolic OH excluding ortho intramolecular Hbond substituents is 1. The van der Waals surface area contributed by atoms with Crippen LogP contribution < -0.4 is 10.5 Å². The first-order valence-electron chi connectivity index (χ1n) is 4.36. The molecule has 0 amide bonds. The summed E-state index contributed by atoms with van der Waals surface area (Å²) in [6.45, 7) is 2.10. The van der Waals surface area contributed by atoms with E-state index in [0.717, 1.165) is 0 Å².